The number of nitrogens with zero attached hydrogens (tertiary/aromatic N) is 2. The van der Waals surface area contributed by atoms with E-state index in [4.69, 9.17) is 4.52 Å². The zero-order valence-corrected chi connectivity index (χ0v) is 10.3. The number of rotatable bonds is 2. The second-order valence-corrected chi connectivity index (χ2v) is 5.01. The fourth-order valence-electron chi connectivity index (χ4n) is 1.77. The molecule has 0 spiro atoms. The third-order valence-electron chi connectivity index (χ3n) is 3.00. The van der Waals surface area contributed by atoms with Gasteiger partial charge in [-0.1, -0.05) is 27.5 Å². The van der Waals surface area contributed by atoms with Gasteiger partial charge in [-0.3, -0.25) is 0 Å². The predicted octanol–water partition coefficient (Wildman–Crippen LogP) is 3.77. The van der Waals surface area contributed by atoms with Crippen LogP contribution < -0.4 is 0 Å². The Balaban J connectivity index is 1.88. The smallest absolute Gasteiger partial charge is 0.230 e. The van der Waals surface area contributed by atoms with Crippen LogP contribution in [0.5, 0.6) is 0 Å². The summed E-state index contributed by atoms with van der Waals surface area (Å²) in [6, 6.07) is 7.93. The van der Waals surface area contributed by atoms with Crippen LogP contribution in [0.25, 0.3) is 11.4 Å². The molecule has 0 radical (unpaired) electrons. The lowest BCUT2D eigenvalue weighted by Gasteiger charge is -2.20. The van der Waals surface area contributed by atoms with Crippen LogP contribution in [-0.2, 0) is 0 Å². The third kappa shape index (κ3) is 1.78. The Hall–Kier alpha value is -1.16. The minimum Gasteiger partial charge on any atom is -0.339 e. The van der Waals surface area contributed by atoms with Crippen LogP contribution >= 0.6 is 15.9 Å². The van der Waals surface area contributed by atoms with E-state index in [2.05, 4.69) is 26.1 Å². The van der Waals surface area contributed by atoms with Gasteiger partial charge in [-0.15, -0.1) is 0 Å². The monoisotopic (exact) mass is 278 g/mol. The van der Waals surface area contributed by atoms with Crippen LogP contribution in [0.2, 0.25) is 0 Å². The lowest BCUT2D eigenvalue weighted by Crippen LogP contribution is -2.08. The fraction of sp³-hybridized carbons (Fsp3) is 0.333. The van der Waals surface area contributed by atoms with Crippen molar-refractivity contribution in [3.63, 3.8) is 0 Å². The van der Waals surface area contributed by atoms with E-state index < -0.39 is 0 Å². The van der Waals surface area contributed by atoms with Gasteiger partial charge in [0.1, 0.15) is 0 Å². The molecule has 1 aliphatic rings. The van der Waals surface area contributed by atoms with Gasteiger partial charge in [0.25, 0.3) is 0 Å². The summed E-state index contributed by atoms with van der Waals surface area (Å²) in [6.45, 7) is 0. The van der Waals surface area contributed by atoms with Crippen LogP contribution in [0.1, 0.15) is 31.1 Å². The van der Waals surface area contributed by atoms with Crippen molar-refractivity contribution in [1.29, 1.82) is 0 Å². The van der Waals surface area contributed by atoms with Crippen LogP contribution in [-0.4, -0.2) is 10.1 Å². The topological polar surface area (TPSA) is 38.9 Å². The van der Waals surface area contributed by atoms with E-state index in [9.17, 15) is 0 Å². The Morgan fingerprint density at radius 1 is 1.19 bits per heavy atom. The molecule has 3 rings (SSSR count). The van der Waals surface area contributed by atoms with Gasteiger partial charge in [0.15, 0.2) is 0 Å². The molecular formula is C12H11BrN2O. The van der Waals surface area contributed by atoms with Crippen LogP contribution in [0.3, 0.4) is 0 Å². The zero-order chi connectivity index (χ0) is 11.0. The number of aromatic nitrogens is 2. The molecular weight excluding hydrogens is 268 g/mol. The third-order valence-corrected chi connectivity index (χ3v) is 3.53. The summed E-state index contributed by atoms with van der Waals surface area (Å²) in [5, 5.41) is 4.02. The minimum atomic E-state index is 0.497. The van der Waals surface area contributed by atoms with Crippen molar-refractivity contribution in [3.05, 3.63) is 34.6 Å². The lowest BCUT2D eigenvalue weighted by molar-refractivity contribution is 0.292. The van der Waals surface area contributed by atoms with Crippen molar-refractivity contribution in [1.82, 2.24) is 10.1 Å². The molecule has 0 amide bonds. The maximum Gasteiger partial charge on any atom is 0.230 e. The normalized spacial score (nSPS) is 16.1. The molecule has 0 saturated heterocycles. The van der Waals surface area contributed by atoms with Crippen LogP contribution in [0, 0.1) is 0 Å². The first kappa shape index (κ1) is 10.0. The summed E-state index contributed by atoms with van der Waals surface area (Å²) >= 11 is 3.40. The second-order valence-electron chi connectivity index (χ2n) is 4.09. The number of hydrogen-bond donors (Lipinski definition) is 0. The molecule has 0 unspecified atom stereocenters. The van der Waals surface area contributed by atoms with Crippen molar-refractivity contribution in [2.45, 2.75) is 25.2 Å². The molecule has 3 nitrogen and oxygen atoms in total. The Morgan fingerprint density at radius 3 is 2.56 bits per heavy atom. The molecule has 1 aromatic carbocycles. The van der Waals surface area contributed by atoms with E-state index in [1.807, 2.05) is 24.3 Å². The number of hydrogen-bond acceptors (Lipinski definition) is 3. The summed E-state index contributed by atoms with van der Waals surface area (Å²) in [5.74, 6) is 1.98. The molecule has 82 valence electrons. The maximum atomic E-state index is 5.28. The molecule has 0 aliphatic heterocycles. The Labute approximate surface area is 102 Å². The predicted molar refractivity (Wildman–Crippen MR) is 64.0 cm³/mol. The average molecular weight is 279 g/mol. The Bertz CT molecular complexity index is 488. The molecule has 2 aromatic rings. The van der Waals surface area contributed by atoms with Gasteiger partial charge in [-0.05, 0) is 37.1 Å². The first-order valence-electron chi connectivity index (χ1n) is 5.42. The summed E-state index contributed by atoms with van der Waals surface area (Å²) < 4.78 is 6.33. The molecule has 1 fully saturated rings. The molecule has 1 aromatic heterocycles. The maximum absolute atomic E-state index is 5.28. The molecule has 1 saturated carbocycles. The molecule has 16 heavy (non-hydrogen) atoms. The van der Waals surface area contributed by atoms with E-state index in [0.29, 0.717) is 11.7 Å². The van der Waals surface area contributed by atoms with Crippen molar-refractivity contribution < 1.29 is 4.52 Å². The van der Waals surface area contributed by atoms with E-state index in [0.717, 1.165) is 15.9 Å². The highest BCUT2D eigenvalue weighted by atomic mass is 79.9. The average Bonchev–Trinajstić information content (AvgIpc) is 2.65. The number of halogens is 1. The van der Waals surface area contributed by atoms with Crippen molar-refractivity contribution >= 4 is 15.9 Å². The van der Waals surface area contributed by atoms with E-state index in [-0.39, 0.29) is 0 Å². The van der Waals surface area contributed by atoms with Gasteiger partial charge in [0, 0.05) is 16.0 Å². The highest BCUT2D eigenvalue weighted by molar-refractivity contribution is 9.10. The number of benzene rings is 1. The van der Waals surface area contributed by atoms with Gasteiger partial charge in [0.2, 0.25) is 11.7 Å². The van der Waals surface area contributed by atoms with E-state index in [1.165, 1.54) is 19.3 Å². The molecule has 0 N–H and O–H groups in total. The summed E-state index contributed by atoms with van der Waals surface area (Å²) in [5.41, 5.74) is 0.998. The zero-order valence-electron chi connectivity index (χ0n) is 8.69. The van der Waals surface area contributed by atoms with Crippen LogP contribution in [0.4, 0.5) is 0 Å². The molecule has 1 heterocycles. The fourth-order valence-corrected chi connectivity index (χ4v) is 2.04. The van der Waals surface area contributed by atoms with E-state index in [1.54, 1.807) is 0 Å². The molecule has 0 atom stereocenters. The largest absolute Gasteiger partial charge is 0.339 e. The van der Waals surface area contributed by atoms with Crippen molar-refractivity contribution in [2.75, 3.05) is 0 Å². The van der Waals surface area contributed by atoms with E-state index >= 15 is 0 Å². The SMILES string of the molecule is Brc1ccc(-c2noc(C3CCC3)n2)cc1. The highest BCUT2D eigenvalue weighted by Gasteiger charge is 2.25. The first-order chi connectivity index (χ1) is 7.83. The summed E-state index contributed by atoms with van der Waals surface area (Å²) in [6.07, 6.45) is 3.64. The Kier molecular flexibility index (Phi) is 2.52. The molecule has 0 bridgehead atoms. The van der Waals surface area contributed by atoms with Gasteiger partial charge >= 0.3 is 0 Å². The first-order valence-corrected chi connectivity index (χ1v) is 6.22. The van der Waals surface area contributed by atoms with Crippen molar-refractivity contribution in [3.8, 4) is 11.4 Å². The molecule has 4 heteroatoms. The highest BCUT2D eigenvalue weighted by Crippen LogP contribution is 2.35. The second kappa shape index (κ2) is 4.01. The van der Waals surface area contributed by atoms with Crippen molar-refractivity contribution in [2.24, 2.45) is 0 Å². The van der Waals surface area contributed by atoms with Crippen LogP contribution in [0.15, 0.2) is 33.3 Å². The molecule has 1 aliphatic carbocycles. The standard InChI is InChI=1S/C12H11BrN2O/c13-10-6-4-8(5-7-10)11-14-12(16-15-11)9-2-1-3-9/h4-7,9H,1-3H2. The van der Waals surface area contributed by atoms with Gasteiger partial charge in [-0.25, -0.2) is 0 Å². The lowest BCUT2D eigenvalue weighted by atomic mass is 9.85. The minimum absolute atomic E-state index is 0.497. The van der Waals surface area contributed by atoms with Gasteiger partial charge in [-0.2, -0.15) is 4.98 Å². The Morgan fingerprint density at radius 2 is 1.94 bits per heavy atom. The summed E-state index contributed by atoms with van der Waals surface area (Å²) in [4.78, 5) is 4.44. The van der Waals surface area contributed by atoms with Gasteiger partial charge in [0.05, 0.1) is 0 Å². The summed E-state index contributed by atoms with van der Waals surface area (Å²) in [7, 11) is 0. The quantitative estimate of drug-likeness (QED) is 0.840. The van der Waals surface area contributed by atoms with Gasteiger partial charge < -0.3 is 4.52 Å².